The fraction of sp³-hybridized carbons (Fsp3) is 0.133. The molecule has 0 saturated carbocycles. The molecular weight excluding hydrogens is 240 g/mol. The maximum atomic E-state index is 9.11. The average Bonchev–Trinajstić information content (AvgIpc) is 2.48. The highest BCUT2D eigenvalue weighted by molar-refractivity contribution is 5.47. The van der Waals surface area contributed by atoms with Gasteiger partial charge in [0.1, 0.15) is 17.6 Å². The van der Waals surface area contributed by atoms with Gasteiger partial charge >= 0.3 is 0 Å². The highest BCUT2D eigenvalue weighted by atomic mass is 16.5. The molecule has 4 nitrogen and oxygen atoms in total. The van der Waals surface area contributed by atoms with Crippen LogP contribution < -0.4 is 10.5 Å². The molecule has 96 valence electrons. The number of aliphatic hydroxyl groups is 1. The van der Waals surface area contributed by atoms with Crippen LogP contribution in [-0.4, -0.2) is 5.11 Å². The van der Waals surface area contributed by atoms with E-state index in [2.05, 4.69) is 6.07 Å². The van der Waals surface area contributed by atoms with E-state index >= 15 is 0 Å². The Hall–Kier alpha value is -2.35. The molecule has 0 radical (unpaired) electrons. The SMILES string of the molecule is N#Cc1cc(CN)ccc1Oc1cccc(CO)c1. The van der Waals surface area contributed by atoms with Crippen molar-refractivity contribution in [3.05, 3.63) is 59.2 Å². The Morgan fingerprint density at radius 2 is 2.00 bits per heavy atom. The number of benzene rings is 2. The van der Waals surface area contributed by atoms with E-state index in [4.69, 9.17) is 20.8 Å². The third-order valence-corrected chi connectivity index (χ3v) is 2.71. The van der Waals surface area contributed by atoms with Crippen molar-refractivity contribution in [3.8, 4) is 17.6 Å². The number of nitrogens with two attached hydrogens (primary N) is 1. The molecule has 2 aromatic carbocycles. The fourth-order valence-electron chi connectivity index (χ4n) is 1.71. The van der Waals surface area contributed by atoms with Crippen LogP contribution >= 0.6 is 0 Å². The Balaban J connectivity index is 2.30. The second kappa shape index (κ2) is 6.01. The molecule has 0 spiro atoms. The third-order valence-electron chi connectivity index (χ3n) is 2.71. The van der Waals surface area contributed by atoms with Gasteiger partial charge in [-0.15, -0.1) is 0 Å². The summed E-state index contributed by atoms with van der Waals surface area (Å²) in [5.74, 6) is 1.07. The molecule has 0 atom stereocenters. The maximum Gasteiger partial charge on any atom is 0.145 e. The van der Waals surface area contributed by atoms with Crippen LogP contribution in [0.3, 0.4) is 0 Å². The smallest absolute Gasteiger partial charge is 0.145 e. The predicted octanol–water partition coefficient (Wildman–Crippen LogP) is 2.30. The fourth-order valence-corrected chi connectivity index (χ4v) is 1.71. The average molecular weight is 254 g/mol. The van der Waals surface area contributed by atoms with Gasteiger partial charge < -0.3 is 15.6 Å². The summed E-state index contributed by atoms with van der Waals surface area (Å²) in [6.45, 7) is 0.337. The van der Waals surface area contributed by atoms with Crippen molar-refractivity contribution in [1.29, 1.82) is 5.26 Å². The molecule has 19 heavy (non-hydrogen) atoms. The highest BCUT2D eigenvalue weighted by Crippen LogP contribution is 2.26. The summed E-state index contributed by atoms with van der Waals surface area (Å²) in [5, 5.41) is 18.2. The van der Waals surface area contributed by atoms with Gasteiger partial charge in [-0.2, -0.15) is 5.26 Å². The van der Waals surface area contributed by atoms with Crippen LogP contribution in [0.2, 0.25) is 0 Å². The first-order valence-corrected chi connectivity index (χ1v) is 5.87. The first-order chi connectivity index (χ1) is 9.26. The molecule has 2 aromatic rings. The number of rotatable bonds is 4. The van der Waals surface area contributed by atoms with E-state index in [-0.39, 0.29) is 6.61 Å². The van der Waals surface area contributed by atoms with Gasteiger partial charge in [0.25, 0.3) is 0 Å². The Bertz CT molecular complexity index is 618. The van der Waals surface area contributed by atoms with Gasteiger partial charge in [0.15, 0.2) is 0 Å². The van der Waals surface area contributed by atoms with E-state index in [0.717, 1.165) is 11.1 Å². The molecule has 0 bridgehead atoms. The molecule has 0 aliphatic carbocycles. The minimum absolute atomic E-state index is 0.0472. The molecule has 3 N–H and O–H groups in total. The normalized spacial score (nSPS) is 9.95. The van der Waals surface area contributed by atoms with E-state index < -0.39 is 0 Å². The molecule has 0 aliphatic rings. The van der Waals surface area contributed by atoms with Crippen LogP contribution in [0.4, 0.5) is 0 Å². The van der Waals surface area contributed by atoms with Crippen LogP contribution in [0.15, 0.2) is 42.5 Å². The Labute approximate surface area is 111 Å². The topological polar surface area (TPSA) is 79.3 Å². The van der Waals surface area contributed by atoms with E-state index in [1.54, 1.807) is 36.4 Å². The van der Waals surface area contributed by atoms with E-state index in [9.17, 15) is 0 Å². The van der Waals surface area contributed by atoms with Crippen molar-refractivity contribution >= 4 is 0 Å². The van der Waals surface area contributed by atoms with Gasteiger partial charge in [0.05, 0.1) is 12.2 Å². The lowest BCUT2D eigenvalue weighted by atomic mass is 10.1. The summed E-state index contributed by atoms with van der Waals surface area (Å²) in [6, 6.07) is 14.5. The van der Waals surface area contributed by atoms with Gasteiger partial charge in [-0.05, 0) is 35.4 Å². The van der Waals surface area contributed by atoms with E-state index in [1.807, 2.05) is 6.07 Å². The molecule has 0 heterocycles. The standard InChI is InChI=1S/C15H14N2O2/c16-8-11-4-5-15(13(6-11)9-17)19-14-3-1-2-12(7-14)10-18/h1-7,18H,8,10,16H2. The van der Waals surface area contributed by atoms with E-state index in [0.29, 0.717) is 23.6 Å². The highest BCUT2D eigenvalue weighted by Gasteiger charge is 2.06. The largest absolute Gasteiger partial charge is 0.456 e. The lowest BCUT2D eigenvalue weighted by molar-refractivity contribution is 0.281. The molecule has 0 saturated heterocycles. The molecule has 0 fully saturated rings. The number of nitrogens with zero attached hydrogens (tertiary/aromatic N) is 1. The summed E-state index contributed by atoms with van der Waals surface area (Å²) in [7, 11) is 0. The summed E-state index contributed by atoms with van der Waals surface area (Å²) in [5.41, 5.74) is 7.62. The zero-order valence-electron chi connectivity index (χ0n) is 10.3. The maximum absolute atomic E-state index is 9.11. The molecule has 4 heteroatoms. The van der Waals surface area contributed by atoms with Crippen LogP contribution in [0, 0.1) is 11.3 Å². The quantitative estimate of drug-likeness (QED) is 0.877. The Morgan fingerprint density at radius 1 is 1.16 bits per heavy atom. The van der Waals surface area contributed by atoms with Crippen molar-refractivity contribution in [1.82, 2.24) is 0 Å². The van der Waals surface area contributed by atoms with Crippen LogP contribution in [0.5, 0.6) is 11.5 Å². The first kappa shape index (κ1) is 13.1. The zero-order chi connectivity index (χ0) is 13.7. The number of nitriles is 1. The zero-order valence-corrected chi connectivity index (χ0v) is 10.3. The van der Waals surface area contributed by atoms with Gasteiger partial charge in [0, 0.05) is 6.54 Å². The second-order valence-corrected chi connectivity index (χ2v) is 4.05. The number of hydrogen-bond acceptors (Lipinski definition) is 4. The second-order valence-electron chi connectivity index (χ2n) is 4.05. The van der Waals surface area contributed by atoms with Gasteiger partial charge in [-0.25, -0.2) is 0 Å². The monoisotopic (exact) mass is 254 g/mol. The van der Waals surface area contributed by atoms with Gasteiger partial charge in [-0.3, -0.25) is 0 Å². The summed E-state index contributed by atoms with van der Waals surface area (Å²) in [4.78, 5) is 0. The summed E-state index contributed by atoms with van der Waals surface area (Å²) >= 11 is 0. The number of hydrogen-bond donors (Lipinski definition) is 2. The van der Waals surface area contributed by atoms with Crippen molar-refractivity contribution in [2.75, 3.05) is 0 Å². The predicted molar refractivity (Wildman–Crippen MR) is 71.5 cm³/mol. The Morgan fingerprint density at radius 3 is 2.68 bits per heavy atom. The number of ether oxygens (including phenoxy) is 1. The van der Waals surface area contributed by atoms with Crippen molar-refractivity contribution in [2.45, 2.75) is 13.2 Å². The third kappa shape index (κ3) is 3.10. The van der Waals surface area contributed by atoms with Crippen LogP contribution in [-0.2, 0) is 13.2 Å². The van der Waals surface area contributed by atoms with E-state index in [1.165, 1.54) is 0 Å². The minimum atomic E-state index is -0.0472. The molecular formula is C15H14N2O2. The van der Waals surface area contributed by atoms with Crippen LogP contribution in [0.25, 0.3) is 0 Å². The minimum Gasteiger partial charge on any atom is -0.456 e. The molecule has 0 aliphatic heterocycles. The Kier molecular flexibility index (Phi) is 4.14. The molecule has 2 rings (SSSR count). The summed E-state index contributed by atoms with van der Waals surface area (Å²) in [6.07, 6.45) is 0. The first-order valence-electron chi connectivity index (χ1n) is 5.87. The molecule has 0 amide bonds. The van der Waals surface area contributed by atoms with Gasteiger partial charge in [0.2, 0.25) is 0 Å². The lowest BCUT2D eigenvalue weighted by Gasteiger charge is -2.09. The molecule has 0 aromatic heterocycles. The summed E-state index contributed by atoms with van der Waals surface area (Å²) < 4.78 is 5.67. The lowest BCUT2D eigenvalue weighted by Crippen LogP contribution is -1.97. The number of aliphatic hydroxyl groups excluding tert-OH is 1. The van der Waals surface area contributed by atoms with Crippen molar-refractivity contribution in [3.63, 3.8) is 0 Å². The van der Waals surface area contributed by atoms with Crippen molar-refractivity contribution < 1.29 is 9.84 Å². The van der Waals surface area contributed by atoms with Crippen molar-refractivity contribution in [2.24, 2.45) is 5.73 Å². The van der Waals surface area contributed by atoms with Gasteiger partial charge in [-0.1, -0.05) is 18.2 Å². The molecule has 0 unspecified atom stereocenters. The van der Waals surface area contributed by atoms with Crippen LogP contribution in [0.1, 0.15) is 16.7 Å².